The maximum atomic E-state index is 12.0. The molecule has 0 heterocycles. The van der Waals surface area contributed by atoms with Gasteiger partial charge in [-0.2, -0.15) is 0 Å². The summed E-state index contributed by atoms with van der Waals surface area (Å²) in [5.74, 6) is 0.538. The van der Waals surface area contributed by atoms with E-state index in [2.05, 4.69) is 19.2 Å². The van der Waals surface area contributed by atoms with E-state index < -0.39 is 5.60 Å². The monoisotopic (exact) mass is 258 g/mol. The van der Waals surface area contributed by atoms with E-state index in [-0.39, 0.29) is 11.9 Å². The number of hydrogen-bond acceptors (Lipinski definition) is 3. The van der Waals surface area contributed by atoms with Crippen molar-refractivity contribution in [2.75, 3.05) is 19.6 Å². The zero-order valence-electron chi connectivity index (χ0n) is 12.8. The zero-order valence-corrected chi connectivity index (χ0v) is 12.8. The molecule has 0 aromatic heterocycles. The highest BCUT2D eigenvalue weighted by Gasteiger charge is 2.25. The summed E-state index contributed by atoms with van der Waals surface area (Å²) in [5.41, 5.74) is -0.758. The van der Waals surface area contributed by atoms with Crippen molar-refractivity contribution < 1.29 is 9.90 Å². The first kappa shape index (κ1) is 17.4. The number of nitrogens with zero attached hydrogens (tertiary/aromatic N) is 1. The van der Waals surface area contributed by atoms with Crippen molar-refractivity contribution in [2.45, 2.75) is 59.6 Å². The molecule has 18 heavy (non-hydrogen) atoms. The summed E-state index contributed by atoms with van der Waals surface area (Å²) in [4.78, 5) is 13.8. The lowest BCUT2D eigenvalue weighted by atomic mass is 9.94. The number of aliphatic hydroxyl groups is 1. The van der Waals surface area contributed by atoms with Gasteiger partial charge in [-0.15, -0.1) is 0 Å². The van der Waals surface area contributed by atoms with E-state index >= 15 is 0 Å². The lowest BCUT2D eigenvalue weighted by molar-refractivity contribution is -0.132. The largest absolute Gasteiger partial charge is 0.389 e. The first-order valence-electron chi connectivity index (χ1n) is 6.98. The van der Waals surface area contributed by atoms with Crippen LogP contribution in [-0.2, 0) is 4.79 Å². The highest BCUT2D eigenvalue weighted by Crippen LogP contribution is 2.15. The van der Waals surface area contributed by atoms with Gasteiger partial charge in [0.05, 0.1) is 11.6 Å². The summed E-state index contributed by atoms with van der Waals surface area (Å²) < 4.78 is 0. The molecule has 2 unspecified atom stereocenters. The third kappa shape index (κ3) is 6.36. The number of carbonyl (C=O) groups is 1. The van der Waals surface area contributed by atoms with Crippen molar-refractivity contribution in [3.05, 3.63) is 0 Å². The number of amides is 1. The van der Waals surface area contributed by atoms with Crippen LogP contribution in [0.2, 0.25) is 0 Å². The molecule has 0 saturated heterocycles. The molecular weight excluding hydrogens is 228 g/mol. The van der Waals surface area contributed by atoms with Crippen molar-refractivity contribution in [1.82, 2.24) is 10.2 Å². The van der Waals surface area contributed by atoms with Crippen molar-refractivity contribution in [2.24, 2.45) is 5.92 Å². The lowest BCUT2D eigenvalue weighted by Crippen LogP contribution is -2.49. The smallest absolute Gasteiger partial charge is 0.239 e. The summed E-state index contributed by atoms with van der Waals surface area (Å²) in [6.07, 6.45) is 0.728. The molecule has 2 atom stereocenters. The van der Waals surface area contributed by atoms with Crippen LogP contribution in [0.5, 0.6) is 0 Å². The molecule has 0 rings (SSSR count). The minimum atomic E-state index is -0.758. The van der Waals surface area contributed by atoms with Crippen molar-refractivity contribution >= 4 is 5.91 Å². The Morgan fingerprint density at radius 3 is 2.17 bits per heavy atom. The molecular formula is C14H30N2O2. The molecule has 1 amide bonds. The second-order valence-corrected chi connectivity index (χ2v) is 5.71. The maximum Gasteiger partial charge on any atom is 0.239 e. The van der Waals surface area contributed by atoms with Gasteiger partial charge in [-0.25, -0.2) is 0 Å². The number of rotatable bonds is 8. The van der Waals surface area contributed by atoms with Gasteiger partial charge in [-0.05, 0) is 40.0 Å². The van der Waals surface area contributed by atoms with Gasteiger partial charge >= 0.3 is 0 Å². The fraction of sp³-hybridized carbons (Fsp3) is 0.929. The average Bonchev–Trinajstić information content (AvgIpc) is 2.25. The molecule has 4 nitrogen and oxygen atoms in total. The maximum absolute atomic E-state index is 12.0. The molecule has 0 aromatic rings. The molecule has 0 spiro atoms. The first-order valence-corrected chi connectivity index (χ1v) is 6.98. The molecule has 0 radical (unpaired) electrons. The second kappa shape index (κ2) is 7.74. The predicted molar refractivity (Wildman–Crippen MR) is 75.5 cm³/mol. The Morgan fingerprint density at radius 2 is 1.78 bits per heavy atom. The molecule has 108 valence electrons. The predicted octanol–water partition coefficient (Wildman–Crippen LogP) is 1.63. The number of nitrogens with one attached hydrogen (secondary N) is 1. The van der Waals surface area contributed by atoms with E-state index in [9.17, 15) is 9.90 Å². The Bertz CT molecular complexity index is 248. The van der Waals surface area contributed by atoms with Crippen LogP contribution < -0.4 is 5.32 Å². The van der Waals surface area contributed by atoms with Gasteiger partial charge in [-0.3, -0.25) is 4.79 Å². The number of likely N-dealkylation sites (N-methyl/N-ethyl adjacent to an activating group) is 1. The van der Waals surface area contributed by atoms with Crippen LogP contribution in [-0.4, -0.2) is 47.2 Å². The van der Waals surface area contributed by atoms with E-state index in [1.165, 1.54) is 0 Å². The van der Waals surface area contributed by atoms with Gasteiger partial charge in [0.1, 0.15) is 0 Å². The molecule has 0 aliphatic rings. The lowest BCUT2D eigenvalue weighted by Gasteiger charge is -2.29. The molecule has 0 aromatic carbocycles. The molecule has 4 heteroatoms. The van der Waals surface area contributed by atoms with Crippen LogP contribution in [0.3, 0.4) is 0 Å². The summed E-state index contributed by atoms with van der Waals surface area (Å²) >= 11 is 0. The Kier molecular flexibility index (Phi) is 7.48. The minimum absolute atomic E-state index is 0.0975. The highest BCUT2D eigenvalue weighted by atomic mass is 16.3. The second-order valence-electron chi connectivity index (χ2n) is 5.71. The van der Waals surface area contributed by atoms with E-state index in [0.717, 1.165) is 19.5 Å². The molecule has 0 bridgehead atoms. The van der Waals surface area contributed by atoms with E-state index in [1.54, 1.807) is 4.90 Å². The highest BCUT2D eigenvalue weighted by molar-refractivity contribution is 5.81. The SMILES string of the molecule is CCN(CC)C(=O)C(C)NCC(C)(O)CC(C)C. The zero-order chi connectivity index (χ0) is 14.3. The fourth-order valence-electron chi connectivity index (χ4n) is 2.22. The Hall–Kier alpha value is -0.610. The molecule has 0 aliphatic carbocycles. The standard InChI is InChI=1S/C14H30N2O2/c1-7-16(8-2)13(17)12(5)15-10-14(6,18)9-11(3)4/h11-12,15,18H,7-10H2,1-6H3. The number of hydrogen-bond donors (Lipinski definition) is 2. The fourth-order valence-corrected chi connectivity index (χ4v) is 2.22. The summed E-state index contributed by atoms with van der Waals surface area (Å²) in [5, 5.41) is 13.3. The van der Waals surface area contributed by atoms with Crippen LogP contribution in [0.15, 0.2) is 0 Å². The molecule has 0 fully saturated rings. The quantitative estimate of drug-likeness (QED) is 0.696. The topological polar surface area (TPSA) is 52.6 Å². The van der Waals surface area contributed by atoms with E-state index in [1.807, 2.05) is 27.7 Å². The number of carbonyl (C=O) groups excluding carboxylic acids is 1. The third-order valence-electron chi connectivity index (χ3n) is 3.08. The van der Waals surface area contributed by atoms with Crippen LogP contribution in [0.4, 0.5) is 0 Å². The summed E-state index contributed by atoms with van der Waals surface area (Å²) in [6.45, 7) is 13.7. The van der Waals surface area contributed by atoms with Gasteiger partial charge in [-0.1, -0.05) is 13.8 Å². The van der Waals surface area contributed by atoms with Gasteiger partial charge in [0.25, 0.3) is 0 Å². The van der Waals surface area contributed by atoms with Gasteiger partial charge in [0.2, 0.25) is 5.91 Å². The molecule has 0 saturated carbocycles. The normalized spacial score (nSPS) is 16.4. The summed E-state index contributed by atoms with van der Waals surface area (Å²) in [6, 6.07) is -0.247. The van der Waals surface area contributed by atoms with E-state index in [0.29, 0.717) is 12.5 Å². The van der Waals surface area contributed by atoms with Crippen molar-refractivity contribution in [1.29, 1.82) is 0 Å². The molecule has 2 N–H and O–H groups in total. The average molecular weight is 258 g/mol. The van der Waals surface area contributed by atoms with Crippen LogP contribution in [0, 0.1) is 5.92 Å². The van der Waals surface area contributed by atoms with Gasteiger partial charge in [0.15, 0.2) is 0 Å². The Labute approximate surface area is 112 Å². The summed E-state index contributed by atoms with van der Waals surface area (Å²) in [7, 11) is 0. The van der Waals surface area contributed by atoms with Crippen molar-refractivity contribution in [3.63, 3.8) is 0 Å². The Morgan fingerprint density at radius 1 is 1.28 bits per heavy atom. The van der Waals surface area contributed by atoms with Gasteiger partial charge < -0.3 is 15.3 Å². The first-order chi connectivity index (χ1) is 8.23. The van der Waals surface area contributed by atoms with Crippen LogP contribution in [0.1, 0.15) is 48.0 Å². The minimum Gasteiger partial charge on any atom is -0.389 e. The Balaban J connectivity index is 4.24. The third-order valence-corrected chi connectivity index (χ3v) is 3.08. The van der Waals surface area contributed by atoms with Crippen LogP contribution >= 0.6 is 0 Å². The molecule has 0 aliphatic heterocycles. The van der Waals surface area contributed by atoms with Crippen molar-refractivity contribution in [3.8, 4) is 0 Å². The van der Waals surface area contributed by atoms with Crippen LogP contribution in [0.25, 0.3) is 0 Å². The van der Waals surface area contributed by atoms with Gasteiger partial charge in [0, 0.05) is 19.6 Å². The van der Waals surface area contributed by atoms with E-state index in [4.69, 9.17) is 0 Å².